The highest BCUT2D eigenvalue weighted by Crippen LogP contribution is 2.15. The summed E-state index contributed by atoms with van der Waals surface area (Å²) in [6.07, 6.45) is 1.11. The van der Waals surface area contributed by atoms with Crippen LogP contribution in [0.5, 0.6) is 0 Å². The summed E-state index contributed by atoms with van der Waals surface area (Å²) >= 11 is 0. The monoisotopic (exact) mass is 213 g/mol. The second kappa shape index (κ2) is 4.84. The Morgan fingerprint density at radius 3 is 2.67 bits per heavy atom. The normalized spacial score (nSPS) is 21.9. The predicted octanol–water partition coefficient (Wildman–Crippen LogP) is 1.04. The molecule has 0 bridgehead atoms. The molecule has 0 aliphatic carbocycles. The molecule has 2 N–H and O–H groups in total. The number of hydrogen-bond donors (Lipinski definition) is 2. The number of amides is 2. The van der Waals surface area contributed by atoms with Crippen molar-refractivity contribution in [2.45, 2.75) is 32.7 Å². The summed E-state index contributed by atoms with van der Waals surface area (Å²) in [5.41, 5.74) is -0.141. The topological polar surface area (TPSA) is 44.4 Å². The van der Waals surface area contributed by atoms with E-state index in [0.717, 1.165) is 26.1 Å². The fourth-order valence-corrected chi connectivity index (χ4v) is 1.87. The van der Waals surface area contributed by atoms with E-state index in [1.807, 2.05) is 32.7 Å². The van der Waals surface area contributed by atoms with Gasteiger partial charge in [0.1, 0.15) is 0 Å². The molecule has 15 heavy (non-hydrogen) atoms. The first-order valence-electron chi connectivity index (χ1n) is 5.64. The van der Waals surface area contributed by atoms with Gasteiger partial charge in [0, 0.05) is 18.6 Å². The van der Waals surface area contributed by atoms with Crippen LogP contribution < -0.4 is 10.6 Å². The Morgan fingerprint density at radius 1 is 1.47 bits per heavy atom. The van der Waals surface area contributed by atoms with Crippen LogP contribution in [0.1, 0.15) is 27.2 Å². The summed E-state index contributed by atoms with van der Waals surface area (Å²) < 4.78 is 0. The van der Waals surface area contributed by atoms with Crippen LogP contribution in [0.3, 0.4) is 0 Å². The molecule has 1 unspecified atom stereocenters. The summed E-state index contributed by atoms with van der Waals surface area (Å²) in [6, 6.07) is 0.0705. The van der Waals surface area contributed by atoms with Gasteiger partial charge in [0.15, 0.2) is 0 Å². The van der Waals surface area contributed by atoms with Gasteiger partial charge in [0.05, 0.1) is 0 Å². The summed E-state index contributed by atoms with van der Waals surface area (Å²) in [5, 5.41) is 6.15. The van der Waals surface area contributed by atoms with Crippen molar-refractivity contribution in [3.8, 4) is 0 Å². The van der Waals surface area contributed by atoms with Crippen molar-refractivity contribution in [2.75, 3.05) is 26.7 Å². The molecule has 88 valence electrons. The van der Waals surface area contributed by atoms with E-state index in [2.05, 4.69) is 10.6 Å². The standard InChI is InChI=1S/C11H23N3O/c1-11(2,3)13-10(15)14-6-5-9(8-14)7-12-4/h9,12H,5-8H2,1-4H3,(H,13,15). The van der Waals surface area contributed by atoms with Gasteiger partial charge in [-0.25, -0.2) is 4.79 Å². The number of likely N-dealkylation sites (tertiary alicyclic amines) is 1. The molecule has 1 atom stereocenters. The molecule has 4 nitrogen and oxygen atoms in total. The van der Waals surface area contributed by atoms with E-state index in [4.69, 9.17) is 0 Å². The lowest BCUT2D eigenvalue weighted by atomic mass is 10.1. The van der Waals surface area contributed by atoms with Gasteiger partial charge >= 0.3 is 6.03 Å². The van der Waals surface area contributed by atoms with Crippen molar-refractivity contribution in [3.05, 3.63) is 0 Å². The maximum absolute atomic E-state index is 11.8. The van der Waals surface area contributed by atoms with Crippen LogP contribution >= 0.6 is 0 Å². The molecular formula is C11H23N3O. The Morgan fingerprint density at radius 2 is 2.13 bits per heavy atom. The van der Waals surface area contributed by atoms with Crippen molar-refractivity contribution in [2.24, 2.45) is 5.92 Å². The van der Waals surface area contributed by atoms with E-state index in [9.17, 15) is 4.79 Å². The molecule has 2 amide bonds. The Kier molecular flexibility index (Phi) is 3.97. The maximum atomic E-state index is 11.8. The van der Waals surface area contributed by atoms with Crippen LogP contribution in [-0.4, -0.2) is 43.2 Å². The average Bonchev–Trinajstić information content (AvgIpc) is 2.50. The third kappa shape index (κ3) is 4.08. The summed E-state index contributed by atoms with van der Waals surface area (Å²) in [7, 11) is 1.96. The molecule has 1 heterocycles. The quantitative estimate of drug-likeness (QED) is 0.720. The maximum Gasteiger partial charge on any atom is 0.317 e. The first-order valence-corrected chi connectivity index (χ1v) is 5.64. The van der Waals surface area contributed by atoms with Crippen LogP contribution in [0.15, 0.2) is 0 Å². The van der Waals surface area contributed by atoms with Gasteiger partial charge in [0.2, 0.25) is 0 Å². The Labute approximate surface area is 92.4 Å². The van der Waals surface area contributed by atoms with E-state index in [-0.39, 0.29) is 11.6 Å². The lowest BCUT2D eigenvalue weighted by Gasteiger charge is -2.25. The van der Waals surface area contributed by atoms with E-state index in [1.54, 1.807) is 0 Å². The lowest BCUT2D eigenvalue weighted by molar-refractivity contribution is 0.197. The van der Waals surface area contributed by atoms with Gasteiger partial charge in [-0.1, -0.05) is 0 Å². The van der Waals surface area contributed by atoms with Gasteiger partial charge < -0.3 is 15.5 Å². The lowest BCUT2D eigenvalue weighted by Crippen LogP contribution is -2.47. The fourth-order valence-electron chi connectivity index (χ4n) is 1.87. The number of rotatable bonds is 2. The van der Waals surface area contributed by atoms with Crippen LogP contribution in [0, 0.1) is 5.92 Å². The highest BCUT2D eigenvalue weighted by atomic mass is 16.2. The first kappa shape index (κ1) is 12.3. The summed E-state index contributed by atoms with van der Waals surface area (Å²) in [5.74, 6) is 0.612. The van der Waals surface area contributed by atoms with Gasteiger partial charge in [-0.3, -0.25) is 0 Å². The highest BCUT2D eigenvalue weighted by molar-refractivity contribution is 5.75. The zero-order chi connectivity index (χ0) is 11.5. The predicted molar refractivity (Wildman–Crippen MR) is 61.9 cm³/mol. The summed E-state index contributed by atoms with van der Waals surface area (Å²) in [6.45, 7) is 8.78. The minimum atomic E-state index is -0.141. The molecule has 0 aromatic rings. The molecule has 0 saturated carbocycles. The zero-order valence-corrected chi connectivity index (χ0v) is 10.3. The number of hydrogen-bond acceptors (Lipinski definition) is 2. The smallest absolute Gasteiger partial charge is 0.317 e. The number of nitrogens with zero attached hydrogens (tertiary/aromatic N) is 1. The second-order valence-corrected chi connectivity index (χ2v) is 5.34. The molecule has 1 fully saturated rings. The van der Waals surface area contributed by atoms with Crippen molar-refractivity contribution in [3.63, 3.8) is 0 Å². The highest BCUT2D eigenvalue weighted by Gasteiger charge is 2.27. The number of nitrogens with one attached hydrogen (secondary N) is 2. The van der Waals surface area contributed by atoms with Crippen LogP contribution in [0.2, 0.25) is 0 Å². The molecule has 1 aliphatic rings. The van der Waals surface area contributed by atoms with Crippen molar-refractivity contribution in [1.82, 2.24) is 15.5 Å². The molecule has 4 heteroatoms. The van der Waals surface area contributed by atoms with E-state index >= 15 is 0 Å². The van der Waals surface area contributed by atoms with Crippen LogP contribution in [-0.2, 0) is 0 Å². The van der Waals surface area contributed by atoms with E-state index in [1.165, 1.54) is 0 Å². The molecule has 0 spiro atoms. The van der Waals surface area contributed by atoms with Gasteiger partial charge in [-0.05, 0) is 46.7 Å². The van der Waals surface area contributed by atoms with Gasteiger partial charge in [0.25, 0.3) is 0 Å². The number of carbonyl (C=O) groups is 1. The van der Waals surface area contributed by atoms with E-state index < -0.39 is 0 Å². The third-order valence-electron chi connectivity index (χ3n) is 2.55. The summed E-state index contributed by atoms with van der Waals surface area (Å²) in [4.78, 5) is 13.7. The molecule has 1 aliphatic heterocycles. The average molecular weight is 213 g/mol. The van der Waals surface area contributed by atoms with Crippen molar-refractivity contribution in [1.29, 1.82) is 0 Å². The first-order chi connectivity index (χ1) is 6.92. The van der Waals surface area contributed by atoms with Crippen LogP contribution in [0.25, 0.3) is 0 Å². The van der Waals surface area contributed by atoms with Gasteiger partial charge in [-0.15, -0.1) is 0 Å². The Bertz CT molecular complexity index is 222. The molecule has 0 aromatic carbocycles. The minimum absolute atomic E-state index is 0.0705. The Balaban J connectivity index is 2.37. The zero-order valence-electron chi connectivity index (χ0n) is 10.3. The third-order valence-corrected chi connectivity index (χ3v) is 2.55. The second-order valence-electron chi connectivity index (χ2n) is 5.34. The van der Waals surface area contributed by atoms with Gasteiger partial charge in [-0.2, -0.15) is 0 Å². The number of carbonyl (C=O) groups excluding carboxylic acids is 1. The molecule has 1 saturated heterocycles. The van der Waals surface area contributed by atoms with Crippen molar-refractivity contribution < 1.29 is 4.79 Å². The molecular weight excluding hydrogens is 190 g/mol. The fraction of sp³-hybridized carbons (Fsp3) is 0.909. The SMILES string of the molecule is CNCC1CCN(C(=O)NC(C)(C)C)C1. The Hall–Kier alpha value is -0.770. The molecule has 1 rings (SSSR count). The molecule has 0 aromatic heterocycles. The van der Waals surface area contributed by atoms with E-state index in [0.29, 0.717) is 5.92 Å². The minimum Gasteiger partial charge on any atom is -0.333 e. The van der Waals surface area contributed by atoms with Crippen molar-refractivity contribution >= 4 is 6.03 Å². The largest absolute Gasteiger partial charge is 0.333 e. The molecule has 0 radical (unpaired) electrons. The number of urea groups is 1. The van der Waals surface area contributed by atoms with Crippen LogP contribution in [0.4, 0.5) is 4.79 Å².